The maximum atomic E-state index is 12.6. The van der Waals surface area contributed by atoms with Crippen molar-refractivity contribution in [3.8, 4) is 0 Å². The molecular formula is C18H27N3O4. The van der Waals surface area contributed by atoms with Gasteiger partial charge in [-0.2, -0.15) is 0 Å². The van der Waals surface area contributed by atoms with Crippen molar-refractivity contribution in [3.63, 3.8) is 0 Å². The summed E-state index contributed by atoms with van der Waals surface area (Å²) < 4.78 is 10.8. The maximum Gasteiger partial charge on any atom is 0.322 e. The molecule has 2 saturated heterocycles. The Morgan fingerprint density at radius 3 is 2.72 bits per heavy atom. The van der Waals surface area contributed by atoms with Crippen molar-refractivity contribution in [2.45, 2.75) is 19.4 Å². The summed E-state index contributed by atoms with van der Waals surface area (Å²) in [5, 5.41) is 12.2. The van der Waals surface area contributed by atoms with E-state index in [4.69, 9.17) is 9.47 Å². The van der Waals surface area contributed by atoms with Crippen LogP contribution in [0.25, 0.3) is 0 Å². The van der Waals surface area contributed by atoms with Gasteiger partial charge in [0, 0.05) is 37.6 Å². The van der Waals surface area contributed by atoms with Crippen molar-refractivity contribution in [3.05, 3.63) is 23.8 Å². The van der Waals surface area contributed by atoms with Crippen LogP contribution in [0, 0.1) is 6.92 Å². The third-order valence-electron chi connectivity index (χ3n) is 4.78. The first-order valence-corrected chi connectivity index (χ1v) is 8.88. The van der Waals surface area contributed by atoms with E-state index in [2.05, 4.69) is 16.3 Å². The number of ether oxygens (including phenoxy) is 2. The SMILES string of the molecule is Cc1cc(N2CCOCC2)ccc1NC(=O)N1CCOC[C@H]1CCO. The number of nitrogens with zero attached hydrogens (tertiary/aromatic N) is 2. The zero-order chi connectivity index (χ0) is 17.6. The first-order valence-electron chi connectivity index (χ1n) is 8.88. The summed E-state index contributed by atoms with van der Waals surface area (Å²) in [7, 11) is 0. The fraction of sp³-hybridized carbons (Fsp3) is 0.611. The molecule has 0 saturated carbocycles. The number of hydrogen-bond donors (Lipinski definition) is 2. The van der Waals surface area contributed by atoms with Gasteiger partial charge in [0.2, 0.25) is 0 Å². The Hall–Kier alpha value is -1.83. The summed E-state index contributed by atoms with van der Waals surface area (Å²) in [5.74, 6) is 0. The Morgan fingerprint density at radius 1 is 1.24 bits per heavy atom. The highest BCUT2D eigenvalue weighted by molar-refractivity contribution is 5.90. The summed E-state index contributed by atoms with van der Waals surface area (Å²) in [5.41, 5.74) is 3.00. The standard InChI is InChI=1S/C18H27N3O4/c1-14-12-15(20-5-9-24-10-6-20)2-3-17(14)19-18(23)21-7-11-25-13-16(21)4-8-22/h2-3,12,16,22H,4-11,13H2,1H3,(H,19,23)/t16-/m1/s1. The molecule has 2 N–H and O–H groups in total. The van der Waals surface area contributed by atoms with Gasteiger partial charge in [-0.3, -0.25) is 0 Å². The Bertz CT molecular complexity index is 588. The zero-order valence-electron chi connectivity index (χ0n) is 14.7. The lowest BCUT2D eigenvalue weighted by atomic mass is 10.1. The van der Waals surface area contributed by atoms with Gasteiger partial charge in [0.05, 0.1) is 32.5 Å². The molecular weight excluding hydrogens is 322 g/mol. The number of morpholine rings is 2. The second kappa shape index (κ2) is 8.51. The van der Waals surface area contributed by atoms with Crippen molar-refractivity contribution in [2.24, 2.45) is 0 Å². The Morgan fingerprint density at radius 2 is 2.00 bits per heavy atom. The van der Waals surface area contributed by atoms with Gasteiger partial charge in [-0.15, -0.1) is 0 Å². The zero-order valence-corrected chi connectivity index (χ0v) is 14.7. The molecule has 3 rings (SSSR count). The van der Waals surface area contributed by atoms with Crippen LogP contribution in [0.1, 0.15) is 12.0 Å². The van der Waals surface area contributed by atoms with Gasteiger partial charge in [0.15, 0.2) is 0 Å². The average molecular weight is 349 g/mol. The predicted molar refractivity (Wildman–Crippen MR) is 96.2 cm³/mol. The molecule has 0 bridgehead atoms. The van der Waals surface area contributed by atoms with Crippen LogP contribution in [-0.4, -0.2) is 74.7 Å². The van der Waals surface area contributed by atoms with Crippen LogP contribution in [0.15, 0.2) is 18.2 Å². The monoisotopic (exact) mass is 349 g/mol. The number of hydrogen-bond acceptors (Lipinski definition) is 5. The topological polar surface area (TPSA) is 74.3 Å². The van der Waals surface area contributed by atoms with E-state index in [9.17, 15) is 9.90 Å². The van der Waals surface area contributed by atoms with Gasteiger partial charge >= 0.3 is 6.03 Å². The molecule has 2 aliphatic heterocycles. The molecule has 0 unspecified atom stereocenters. The highest BCUT2D eigenvalue weighted by atomic mass is 16.5. The Labute approximate surface area is 148 Å². The summed E-state index contributed by atoms with van der Waals surface area (Å²) in [6, 6.07) is 5.89. The van der Waals surface area contributed by atoms with Gasteiger partial charge < -0.3 is 29.7 Å². The van der Waals surface area contributed by atoms with Crippen LogP contribution in [0.5, 0.6) is 0 Å². The molecule has 7 heteroatoms. The second-order valence-electron chi connectivity index (χ2n) is 6.46. The number of amides is 2. The lowest BCUT2D eigenvalue weighted by Crippen LogP contribution is -2.50. The summed E-state index contributed by atoms with van der Waals surface area (Å²) >= 11 is 0. The van der Waals surface area contributed by atoms with E-state index in [0.29, 0.717) is 26.2 Å². The van der Waals surface area contributed by atoms with Crippen molar-refractivity contribution in [1.82, 2.24) is 4.90 Å². The first kappa shape index (κ1) is 18.0. The molecule has 2 fully saturated rings. The number of urea groups is 1. The number of aliphatic hydroxyl groups is 1. The van der Waals surface area contributed by atoms with Gasteiger partial charge in [0.25, 0.3) is 0 Å². The average Bonchev–Trinajstić information content (AvgIpc) is 2.65. The van der Waals surface area contributed by atoms with E-state index in [1.807, 2.05) is 19.1 Å². The minimum absolute atomic E-state index is 0.0467. The molecule has 0 radical (unpaired) electrons. The number of carbonyl (C=O) groups excluding carboxylic acids is 1. The van der Waals surface area contributed by atoms with E-state index in [0.717, 1.165) is 43.2 Å². The molecule has 1 atom stereocenters. The number of nitrogens with one attached hydrogen (secondary N) is 1. The lowest BCUT2D eigenvalue weighted by Gasteiger charge is -2.35. The first-order chi connectivity index (χ1) is 12.2. The van der Waals surface area contributed by atoms with E-state index in [1.54, 1.807) is 4.90 Å². The number of aliphatic hydroxyl groups excluding tert-OH is 1. The van der Waals surface area contributed by atoms with Crippen molar-refractivity contribution >= 4 is 17.4 Å². The van der Waals surface area contributed by atoms with Crippen molar-refractivity contribution in [2.75, 3.05) is 62.9 Å². The largest absolute Gasteiger partial charge is 0.396 e. The van der Waals surface area contributed by atoms with Gasteiger partial charge in [-0.05, 0) is 37.1 Å². The minimum Gasteiger partial charge on any atom is -0.396 e. The van der Waals surface area contributed by atoms with E-state index in [1.165, 1.54) is 0 Å². The van der Waals surface area contributed by atoms with Crippen LogP contribution in [0.3, 0.4) is 0 Å². The third-order valence-corrected chi connectivity index (χ3v) is 4.78. The molecule has 2 amide bonds. The number of rotatable bonds is 4. The van der Waals surface area contributed by atoms with Crippen LogP contribution in [0.4, 0.5) is 16.2 Å². The predicted octanol–water partition coefficient (Wildman–Crippen LogP) is 1.45. The molecule has 138 valence electrons. The molecule has 0 aliphatic carbocycles. The van der Waals surface area contributed by atoms with Gasteiger partial charge in [0.1, 0.15) is 0 Å². The molecule has 25 heavy (non-hydrogen) atoms. The van der Waals surface area contributed by atoms with Gasteiger partial charge in [-0.25, -0.2) is 4.79 Å². The summed E-state index contributed by atoms with van der Waals surface area (Å²) in [4.78, 5) is 16.7. The Balaban J connectivity index is 1.66. The highest BCUT2D eigenvalue weighted by Crippen LogP contribution is 2.24. The number of benzene rings is 1. The molecule has 0 spiro atoms. The van der Waals surface area contributed by atoms with E-state index < -0.39 is 0 Å². The summed E-state index contributed by atoms with van der Waals surface area (Å²) in [6.45, 7) is 6.88. The quantitative estimate of drug-likeness (QED) is 0.861. The van der Waals surface area contributed by atoms with Crippen molar-refractivity contribution < 1.29 is 19.4 Å². The number of anilines is 2. The molecule has 1 aromatic carbocycles. The Kier molecular flexibility index (Phi) is 6.12. The molecule has 1 aromatic rings. The van der Waals surface area contributed by atoms with Crippen LogP contribution >= 0.6 is 0 Å². The van der Waals surface area contributed by atoms with Crippen LogP contribution in [-0.2, 0) is 9.47 Å². The fourth-order valence-corrected chi connectivity index (χ4v) is 3.30. The van der Waals surface area contributed by atoms with Gasteiger partial charge in [-0.1, -0.05) is 0 Å². The number of aryl methyl sites for hydroxylation is 1. The normalized spacial score (nSPS) is 21.3. The molecule has 7 nitrogen and oxygen atoms in total. The number of carbonyl (C=O) groups is 1. The smallest absolute Gasteiger partial charge is 0.322 e. The summed E-state index contributed by atoms with van der Waals surface area (Å²) in [6.07, 6.45) is 0.530. The van der Waals surface area contributed by atoms with Crippen LogP contribution in [0.2, 0.25) is 0 Å². The second-order valence-corrected chi connectivity index (χ2v) is 6.46. The van der Waals surface area contributed by atoms with Crippen LogP contribution < -0.4 is 10.2 Å². The van der Waals surface area contributed by atoms with Crippen molar-refractivity contribution in [1.29, 1.82) is 0 Å². The fourth-order valence-electron chi connectivity index (χ4n) is 3.30. The molecule has 0 aromatic heterocycles. The minimum atomic E-state index is -0.135. The highest BCUT2D eigenvalue weighted by Gasteiger charge is 2.27. The third kappa shape index (κ3) is 4.42. The maximum absolute atomic E-state index is 12.6. The van der Waals surface area contributed by atoms with E-state index >= 15 is 0 Å². The lowest BCUT2D eigenvalue weighted by molar-refractivity contribution is 0.00728. The molecule has 2 heterocycles. The van der Waals surface area contributed by atoms with E-state index in [-0.39, 0.29) is 18.7 Å². The molecule has 2 aliphatic rings.